The molecule has 0 saturated heterocycles. The fourth-order valence-electron chi connectivity index (χ4n) is 1.48. The lowest BCUT2D eigenvalue weighted by Crippen LogP contribution is -2.22. The molecule has 2 rings (SSSR count). The van der Waals surface area contributed by atoms with E-state index in [1.165, 1.54) is 12.1 Å². The van der Waals surface area contributed by atoms with Crippen molar-refractivity contribution >= 4 is 21.4 Å². The number of nitriles is 1. The number of rotatable bonds is 4. The van der Waals surface area contributed by atoms with Crippen molar-refractivity contribution in [1.82, 2.24) is 4.72 Å². The second-order valence-electron chi connectivity index (χ2n) is 4.04. The third-order valence-electron chi connectivity index (χ3n) is 2.54. The fraction of sp³-hybridized carbons (Fsp3) is 0.154. The van der Waals surface area contributed by atoms with Crippen LogP contribution in [0.15, 0.2) is 40.6 Å². The second-order valence-corrected chi connectivity index (χ2v) is 7.12. The number of aryl methyl sites for hydroxylation is 1. The molecule has 1 heterocycles. The van der Waals surface area contributed by atoms with Gasteiger partial charge in [-0.1, -0.05) is 29.8 Å². The summed E-state index contributed by atoms with van der Waals surface area (Å²) >= 11 is 0.966. The van der Waals surface area contributed by atoms with Crippen LogP contribution >= 0.6 is 11.3 Å². The van der Waals surface area contributed by atoms with Crippen molar-refractivity contribution < 1.29 is 8.42 Å². The Hall–Kier alpha value is -1.68. The number of nitrogens with one attached hydrogen (secondary N) is 1. The fourth-order valence-corrected chi connectivity index (χ4v) is 3.65. The van der Waals surface area contributed by atoms with Crippen LogP contribution in [0, 0.1) is 18.3 Å². The Labute approximate surface area is 116 Å². The zero-order valence-corrected chi connectivity index (χ0v) is 11.9. The predicted octanol–water partition coefficient (Wildman–Crippen LogP) is 2.41. The molecule has 0 atom stereocenters. The maximum absolute atomic E-state index is 12.0. The normalized spacial score (nSPS) is 11.2. The van der Waals surface area contributed by atoms with E-state index in [1.807, 2.05) is 37.3 Å². The van der Waals surface area contributed by atoms with Crippen LogP contribution in [-0.2, 0) is 16.6 Å². The van der Waals surface area contributed by atoms with Gasteiger partial charge in [-0.25, -0.2) is 13.1 Å². The van der Waals surface area contributed by atoms with E-state index in [-0.39, 0.29) is 10.8 Å². The Bertz CT molecular complexity index is 710. The van der Waals surface area contributed by atoms with Gasteiger partial charge in [0.25, 0.3) is 0 Å². The summed E-state index contributed by atoms with van der Waals surface area (Å²) in [6.45, 7) is 2.21. The van der Waals surface area contributed by atoms with E-state index < -0.39 is 10.0 Å². The summed E-state index contributed by atoms with van der Waals surface area (Å²) in [6.07, 6.45) is 0. The van der Waals surface area contributed by atoms with E-state index >= 15 is 0 Å². The first kappa shape index (κ1) is 13.7. The van der Waals surface area contributed by atoms with Gasteiger partial charge in [-0.05, 0) is 24.6 Å². The molecule has 2 aromatic rings. The van der Waals surface area contributed by atoms with Crippen molar-refractivity contribution in [3.8, 4) is 6.07 Å². The van der Waals surface area contributed by atoms with Crippen molar-refractivity contribution in [1.29, 1.82) is 5.26 Å². The standard InChI is InChI=1S/C13H12N2O2S2/c1-10-2-4-11(5-3-10)9-15-19(16,17)13-7-6-12(8-14)18-13/h2-7,15H,9H2,1H3. The summed E-state index contributed by atoms with van der Waals surface area (Å²) in [5, 5.41) is 8.70. The van der Waals surface area contributed by atoms with Gasteiger partial charge in [-0.15, -0.1) is 11.3 Å². The van der Waals surface area contributed by atoms with E-state index in [4.69, 9.17) is 5.26 Å². The summed E-state index contributed by atoms with van der Waals surface area (Å²) in [4.78, 5) is 0.385. The summed E-state index contributed by atoms with van der Waals surface area (Å²) in [6, 6.07) is 12.5. The molecule has 0 aliphatic rings. The number of hydrogen-bond donors (Lipinski definition) is 1. The van der Waals surface area contributed by atoms with Crippen molar-refractivity contribution in [2.45, 2.75) is 17.7 Å². The lowest BCUT2D eigenvalue weighted by Gasteiger charge is -2.05. The smallest absolute Gasteiger partial charge is 0.206 e. The van der Waals surface area contributed by atoms with Crippen LogP contribution in [0.2, 0.25) is 0 Å². The molecule has 0 aliphatic heterocycles. The van der Waals surface area contributed by atoms with E-state index in [9.17, 15) is 8.42 Å². The SMILES string of the molecule is Cc1ccc(CNS(=O)(=O)c2ccc(C#N)s2)cc1. The third-order valence-corrected chi connectivity index (χ3v) is 5.43. The molecule has 98 valence electrons. The molecule has 0 bridgehead atoms. The topological polar surface area (TPSA) is 70.0 Å². The summed E-state index contributed by atoms with van der Waals surface area (Å²) in [5.74, 6) is 0. The van der Waals surface area contributed by atoms with Gasteiger partial charge < -0.3 is 0 Å². The predicted molar refractivity (Wildman–Crippen MR) is 74.2 cm³/mol. The Morgan fingerprint density at radius 1 is 1.21 bits per heavy atom. The van der Waals surface area contributed by atoms with Crippen LogP contribution < -0.4 is 4.72 Å². The maximum Gasteiger partial charge on any atom is 0.250 e. The van der Waals surface area contributed by atoms with Gasteiger partial charge in [0.15, 0.2) is 0 Å². The molecule has 19 heavy (non-hydrogen) atoms. The zero-order valence-electron chi connectivity index (χ0n) is 10.3. The maximum atomic E-state index is 12.0. The van der Waals surface area contributed by atoms with Crippen LogP contribution in [0.3, 0.4) is 0 Å². The molecule has 1 aromatic heterocycles. The lowest BCUT2D eigenvalue weighted by molar-refractivity contribution is 0.583. The van der Waals surface area contributed by atoms with Crippen LogP contribution in [0.25, 0.3) is 0 Å². The molecule has 0 radical (unpaired) electrons. The third kappa shape index (κ3) is 3.41. The van der Waals surface area contributed by atoms with Gasteiger partial charge in [0.1, 0.15) is 15.2 Å². The molecular formula is C13H12N2O2S2. The molecule has 1 aromatic carbocycles. The van der Waals surface area contributed by atoms with E-state index in [1.54, 1.807) is 0 Å². The van der Waals surface area contributed by atoms with Gasteiger partial charge in [0.2, 0.25) is 10.0 Å². The monoisotopic (exact) mass is 292 g/mol. The van der Waals surface area contributed by atoms with E-state index in [0.717, 1.165) is 22.5 Å². The second kappa shape index (κ2) is 5.53. The van der Waals surface area contributed by atoms with Gasteiger partial charge in [0, 0.05) is 6.54 Å². The molecule has 0 amide bonds. The molecule has 0 spiro atoms. The summed E-state index contributed by atoms with van der Waals surface area (Å²) in [5.41, 5.74) is 2.02. The highest BCUT2D eigenvalue weighted by Gasteiger charge is 2.16. The number of benzene rings is 1. The first-order valence-electron chi connectivity index (χ1n) is 5.56. The minimum absolute atomic E-state index is 0.163. The Morgan fingerprint density at radius 3 is 2.47 bits per heavy atom. The molecule has 1 N–H and O–H groups in total. The average Bonchev–Trinajstić information content (AvgIpc) is 2.88. The number of thiophene rings is 1. The Morgan fingerprint density at radius 2 is 1.89 bits per heavy atom. The van der Waals surface area contributed by atoms with E-state index in [0.29, 0.717) is 4.88 Å². The minimum Gasteiger partial charge on any atom is -0.206 e. The molecule has 6 heteroatoms. The Balaban J connectivity index is 2.10. The van der Waals surface area contributed by atoms with Gasteiger partial charge in [-0.3, -0.25) is 0 Å². The van der Waals surface area contributed by atoms with Crippen LogP contribution in [0.5, 0.6) is 0 Å². The summed E-state index contributed by atoms with van der Waals surface area (Å²) < 4.78 is 26.7. The first-order valence-corrected chi connectivity index (χ1v) is 7.86. The number of sulfonamides is 1. The molecule has 0 aliphatic carbocycles. The molecule has 4 nitrogen and oxygen atoms in total. The first-order chi connectivity index (χ1) is 9.01. The molecule has 0 saturated carbocycles. The molecular weight excluding hydrogens is 280 g/mol. The van der Waals surface area contributed by atoms with Crippen LogP contribution in [-0.4, -0.2) is 8.42 Å². The van der Waals surface area contributed by atoms with Crippen LogP contribution in [0.1, 0.15) is 16.0 Å². The van der Waals surface area contributed by atoms with Crippen molar-refractivity contribution in [2.75, 3.05) is 0 Å². The lowest BCUT2D eigenvalue weighted by atomic mass is 10.2. The average molecular weight is 292 g/mol. The Kier molecular flexibility index (Phi) is 4.00. The summed E-state index contributed by atoms with van der Waals surface area (Å²) in [7, 11) is -3.54. The largest absolute Gasteiger partial charge is 0.250 e. The highest BCUT2D eigenvalue weighted by Crippen LogP contribution is 2.20. The highest BCUT2D eigenvalue weighted by molar-refractivity contribution is 7.91. The van der Waals surface area contributed by atoms with Gasteiger partial charge in [-0.2, -0.15) is 5.26 Å². The van der Waals surface area contributed by atoms with Crippen molar-refractivity contribution in [3.05, 3.63) is 52.4 Å². The number of hydrogen-bond acceptors (Lipinski definition) is 4. The number of nitrogens with zero attached hydrogens (tertiary/aromatic N) is 1. The van der Waals surface area contributed by atoms with Crippen molar-refractivity contribution in [2.24, 2.45) is 0 Å². The quantitative estimate of drug-likeness (QED) is 0.940. The van der Waals surface area contributed by atoms with Gasteiger partial charge in [0.05, 0.1) is 0 Å². The van der Waals surface area contributed by atoms with Gasteiger partial charge >= 0.3 is 0 Å². The molecule has 0 unspecified atom stereocenters. The zero-order chi connectivity index (χ0) is 13.9. The van der Waals surface area contributed by atoms with Crippen LogP contribution in [0.4, 0.5) is 0 Å². The molecule has 0 fully saturated rings. The minimum atomic E-state index is -3.54. The van der Waals surface area contributed by atoms with Crippen molar-refractivity contribution in [3.63, 3.8) is 0 Å². The highest BCUT2D eigenvalue weighted by atomic mass is 32.2. The van der Waals surface area contributed by atoms with E-state index in [2.05, 4.69) is 4.72 Å².